The molecule has 0 unspecified atom stereocenters. The molecule has 0 spiro atoms. The summed E-state index contributed by atoms with van der Waals surface area (Å²) in [4.78, 5) is 12.8. The zero-order chi connectivity index (χ0) is 11.7. The Morgan fingerprint density at radius 2 is 2.19 bits per heavy atom. The first kappa shape index (κ1) is 11.6. The molecule has 1 fully saturated rings. The Morgan fingerprint density at radius 1 is 1.44 bits per heavy atom. The van der Waals surface area contributed by atoms with Crippen molar-refractivity contribution in [3.05, 3.63) is 28.2 Å². The largest absolute Gasteiger partial charge is 0.481 e. The van der Waals surface area contributed by atoms with Gasteiger partial charge in [-0.15, -0.1) is 0 Å². The average molecular weight is 260 g/mol. The van der Waals surface area contributed by atoms with Crippen molar-refractivity contribution in [2.24, 2.45) is 5.92 Å². The SMILES string of the molecule is O=C(O)[C@@H]1CCN(c2cc(Cl)ccc2Cl)C1. The topological polar surface area (TPSA) is 40.5 Å². The zero-order valence-electron chi connectivity index (χ0n) is 8.49. The Morgan fingerprint density at radius 3 is 2.81 bits per heavy atom. The molecule has 1 aromatic carbocycles. The fourth-order valence-electron chi connectivity index (χ4n) is 1.91. The Bertz CT molecular complexity index is 422. The van der Waals surface area contributed by atoms with Gasteiger partial charge in [0, 0.05) is 18.1 Å². The summed E-state index contributed by atoms with van der Waals surface area (Å²) in [6, 6.07) is 5.22. The van der Waals surface area contributed by atoms with Gasteiger partial charge in [-0.2, -0.15) is 0 Å². The van der Waals surface area contributed by atoms with Crippen LogP contribution in [-0.2, 0) is 4.79 Å². The highest BCUT2D eigenvalue weighted by molar-refractivity contribution is 6.35. The van der Waals surface area contributed by atoms with Crippen LogP contribution in [0.1, 0.15) is 6.42 Å². The first-order valence-electron chi connectivity index (χ1n) is 5.00. The molecule has 0 aromatic heterocycles. The van der Waals surface area contributed by atoms with Gasteiger partial charge in [0.15, 0.2) is 0 Å². The fourth-order valence-corrected chi connectivity index (χ4v) is 2.31. The maximum absolute atomic E-state index is 10.8. The van der Waals surface area contributed by atoms with Crippen LogP contribution < -0.4 is 4.90 Å². The van der Waals surface area contributed by atoms with Crippen LogP contribution in [0, 0.1) is 5.92 Å². The molecule has 0 amide bonds. The van der Waals surface area contributed by atoms with Crippen molar-refractivity contribution in [2.75, 3.05) is 18.0 Å². The molecule has 1 heterocycles. The van der Waals surface area contributed by atoms with E-state index in [0.717, 1.165) is 5.69 Å². The van der Waals surface area contributed by atoms with Crippen molar-refractivity contribution >= 4 is 34.9 Å². The van der Waals surface area contributed by atoms with Crippen molar-refractivity contribution in [2.45, 2.75) is 6.42 Å². The van der Waals surface area contributed by atoms with Crippen LogP contribution in [0.4, 0.5) is 5.69 Å². The molecule has 1 aromatic rings. The third kappa shape index (κ3) is 2.25. The normalized spacial score (nSPS) is 20.1. The molecule has 0 saturated carbocycles. The Hall–Kier alpha value is -0.930. The number of benzene rings is 1. The molecule has 1 saturated heterocycles. The van der Waals surface area contributed by atoms with Crippen molar-refractivity contribution in [1.29, 1.82) is 0 Å². The number of rotatable bonds is 2. The number of carboxylic acid groups (broad SMARTS) is 1. The average Bonchev–Trinajstić information content (AvgIpc) is 2.70. The number of hydrogen-bond donors (Lipinski definition) is 1. The van der Waals surface area contributed by atoms with E-state index in [0.29, 0.717) is 29.6 Å². The minimum Gasteiger partial charge on any atom is -0.481 e. The van der Waals surface area contributed by atoms with E-state index in [1.54, 1.807) is 18.2 Å². The predicted molar refractivity (Wildman–Crippen MR) is 64.4 cm³/mol. The Kier molecular flexibility index (Phi) is 3.26. The molecule has 1 atom stereocenters. The van der Waals surface area contributed by atoms with Crippen LogP contribution >= 0.6 is 23.2 Å². The highest BCUT2D eigenvalue weighted by atomic mass is 35.5. The Balaban J connectivity index is 2.20. The van der Waals surface area contributed by atoms with Gasteiger partial charge in [0.25, 0.3) is 0 Å². The van der Waals surface area contributed by atoms with Crippen LogP contribution in [0.15, 0.2) is 18.2 Å². The minimum atomic E-state index is -0.749. The standard InChI is InChI=1S/C11H11Cl2NO2/c12-8-1-2-9(13)10(5-8)14-4-3-7(6-14)11(15)16/h1-2,5,7H,3-4,6H2,(H,15,16)/t7-/m1/s1. The number of halogens is 2. The summed E-state index contributed by atoms with van der Waals surface area (Å²) >= 11 is 11.9. The molecule has 1 aliphatic heterocycles. The molecule has 1 N–H and O–H groups in total. The smallest absolute Gasteiger partial charge is 0.308 e. The second kappa shape index (κ2) is 4.52. The van der Waals surface area contributed by atoms with Gasteiger partial charge in [0.1, 0.15) is 0 Å². The second-order valence-corrected chi connectivity index (χ2v) is 4.71. The van der Waals surface area contributed by atoms with Gasteiger partial charge in [0.05, 0.1) is 16.6 Å². The molecule has 86 valence electrons. The van der Waals surface area contributed by atoms with E-state index < -0.39 is 5.97 Å². The van der Waals surface area contributed by atoms with Gasteiger partial charge < -0.3 is 10.0 Å². The summed E-state index contributed by atoms with van der Waals surface area (Å²) in [6.45, 7) is 1.20. The Labute approximate surface area is 104 Å². The highest BCUT2D eigenvalue weighted by Crippen LogP contribution is 2.32. The van der Waals surface area contributed by atoms with Crippen molar-refractivity contribution in [3.63, 3.8) is 0 Å². The van der Waals surface area contributed by atoms with Crippen LogP contribution in [0.3, 0.4) is 0 Å². The third-order valence-corrected chi connectivity index (χ3v) is 3.34. The van der Waals surface area contributed by atoms with Gasteiger partial charge in [-0.25, -0.2) is 0 Å². The van der Waals surface area contributed by atoms with Crippen molar-refractivity contribution in [3.8, 4) is 0 Å². The summed E-state index contributed by atoms with van der Waals surface area (Å²) < 4.78 is 0. The third-order valence-electron chi connectivity index (χ3n) is 2.79. The molecule has 0 radical (unpaired) electrons. The van der Waals surface area contributed by atoms with E-state index in [9.17, 15) is 4.79 Å². The van der Waals surface area contributed by atoms with E-state index in [4.69, 9.17) is 28.3 Å². The van der Waals surface area contributed by atoms with Gasteiger partial charge in [-0.05, 0) is 24.6 Å². The van der Waals surface area contributed by atoms with E-state index in [2.05, 4.69) is 0 Å². The number of aliphatic carboxylic acids is 1. The van der Waals surface area contributed by atoms with Crippen LogP contribution in [-0.4, -0.2) is 24.2 Å². The maximum atomic E-state index is 10.8. The van der Waals surface area contributed by atoms with E-state index in [-0.39, 0.29) is 5.92 Å². The van der Waals surface area contributed by atoms with Crippen LogP contribution in [0.5, 0.6) is 0 Å². The summed E-state index contributed by atoms with van der Waals surface area (Å²) in [5.41, 5.74) is 0.818. The van der Waals surface area contributed by atoms with Gasteiger partial charge >= 0.3 is 5.97 Å². The summed E-state index contributed by atoms with van der Waals surface area (Å²) in [7, 11) is 0. The van der Waals surface area contributed by atoms with Crippen LogP contribution in [0.25, 0.3) is 0 Å². The first-order valence-corrected chi connectivity index (χ1v) is 5.76. The molecule has 16 heavy (non-hydrogen) atoms. The molecule has 3 nitrogen and oxygen atoms in total. The maximum Gasteiger partial charge on any atom is 0.308 e. The van der Waals surface area contributed by atoms with Crippen LogP contribution in [0.2, 0.25) is 10.0 Å². The minimum absolute atomic E-state index is 0.310. The van der Waals surface area contributed by atoms with Gasteiger partial charge in [-0.1, -0.05) is 23.2 Å². The summed E-state index contributed by atoms with van der Waals surface area (Å²) in [6.07, 6.45) is 0.651. The fraction of sp³-hybridized carbons (Fsp3) is 0.364. The quantitative estimate of drug-likeness (QED) is 0.888. The molecule has 0 bridgehead atoms. The monoisotopic (exact) mass is 259 g/mol. The first-order chi connectivity index (χ1) is 7.58. The lowest BCUT2D eigenvalue weighted by Gasteiger charge is -2.19. The summed E-state index contributed by atoms with van der Waals surface area (Å²) in [5, 5.41) is 10.1. The number of nitrogens with zero attached hydrogens (tertiary/aromatic N) is 1. The molecule has 0 aliphatic carbocycles. The number of carboxylic acids is 1. The van der Waals surface area contributed by atoms with E-state index in [1.807, 2.05) is 4.90 Å². The lowest BCUT2D eigenvalue weighted by molar-refractivity contribution is -0.140. The lowest BCUT2D eigenvalue weighted by atomic mass is 10.1. The predicted octanol–water partition coefficient (Wildman–Crippen LogP) is 2.90. The van der Waals surface area contributed by atoms with Crippen molar-refractivity contribution in [1.82, 2.24) is 0 Å². The lowest BCUT2D eigenvalue weighted by Crippen LogP contribution is -2.22. The van der Waals surface area contributed by atoms with Gasteiger partial charge in [-0.3, -0.25) is 4.79 Å². The number of hydrogen-bond acceptors (Lipinski definition) is 2. The number of carbonyl (C=O) groups is 1. The second-order valence-electron chi connectivity index (χ2n) is 3.87. The molecule has 5 heteroatoms. The molecular formula is C11H11Cl2NO2. The van der Waals surface area contributed by atoms with E-state index >= 15 is 0 Å². The molecular weight excluding hydrogens is 249 g/mol. The number of anilines is 1. The van der Waals surface area contributed by atoms with Crippen molar-refractivity contribution < 1.29 is 9.90 Å². The van der Waals surface area contributed by atoms with E-state index in [1.165, 1.54) is 0 Å². The highest BCUT2D eigenvalue weighted by Gasteiger charge is 2.28. The summed E-state index contributed by atoms with van der Waals surface area (Å²) in [5.74, 6) is -1.06. The van der Waals surface area contributed by atoms with Gasteiger partial charge in [0.2, 0.25) is 0 Å². The molecule has 2 rings (SSSR count). The zero-order valence-corrected chi connectivity index (χ0v) is 10.0. The molecule has 1 aliphatic rings.